The molecule has 0 bridgehead atoms. The highest BCUT2D eigenvalue weighted by Crippen LogP contribution is 2.17. The van der Waals surface area contributed by atoms with Crippen molar-refractivity contribution < 1.29 is 4.92 Å². The fraction of sp³-hybridized carbons (Fsp3) is 0.100. The van der Waals surface area contributed by atoms with Crippen LogP contribution in [0.5, 0.6) is 0 Å². The summed E-state index contributed by atoms with van der Waals surface area (Å²) >= 11 is 0. The normalized spacial score (nSPS) is 10.9. The van der Waals surface area contributed by atoms with E-state index in [0.29, 0.717) is 5.95 Å². The van der Waals surface area contributed by atoms with Gasteiger partial charge >= 0.3 is 11.9 Å². The first-order valence-electron chi connectivity index (χ1n) is 5.14. The van der Waals surface area contributed by atoms with Crippen LogP contribution in [-0.2, 0) is 7.05 Å². The van der Waals surface area contributed by atoms with Crippen molar-refractivity contribution in [2.24, 2.45) is 7.05 Å². The summed E-state index contributed by atoms with van der Waals surface area (Å²) in [6, 6.07) is 7.46. The molecule has 0 atom stereocenters. The quantitative estimate of drug-likeness (QED) is 0.496. The van der Waals surface area contributed by atoms with E-state index in [4.69, 9.17) is 0 Å². The second-order valence-electron chi connectivity index (χ2n) is 3.70. The molecule has 90 valence electrons. The Morgan fingerprint density at radius 1 is 1.33 bits per heavy atom. The summed E-state index contributed by atoms with van der Waals surface area (Å²) in [5, 5.41) is 14.4. The summed E-state index contributed by atoms with van der Waals surface area (Å²) in [7, 11) is 1.60. The summed E-state index contributed by atoms with van der Waals surface area (Å²) in [4.78, 5) is 18.1. The first-order chi connectivity index (χ1) is 8.66. The molecular weight excluding hydrogens is 236 g/mol. The summed E-state index contributed by atoms with van der Waals surface area (Å²) in [5.74, 6) is -0.0688. The molecule has 0 spiro atoms. The minimum atomic E-state index is -0.622. The molecule has 2 heterocycles. The molecule has 0 aliphatic rings. The molecule has 0 saturated carbocycles. The molecule has 3 rings (SSSR count). The third kappa shape index (κ3) is 1.43. The smallest absolute Gasteiger partial charge is 0.390 e. The highest BCUT2D eigenvalue weighted by Gasteiger charge is 2.21. The molecule has 8 nitrogen and oxygen atoms in total. The van der Waals surface area contributed by atoms with Crippen molar-refractivity contribution >= 4 is 17.0 Å². The van der Waals surface area contributed by atoms with Crippen LogP contribution in [0.1, 0.15) is 0 Å². The molecule has 0 fully saturated rings. The Bertz CT molecular complexity index is 744. The summed E-state index contributed by atoms with van der Waals surface area (Å²) in [6.45, 7) is 0. The number of hydrogen-bond acceptors (Lipinski definition) is 5. The van der Waals surface area contributed by atoms with Crippen LogP contribution in [0.25, 0.3) is 17.0 Å². The average molecular weight is 244 g/mol. The molecule has 0 radical (unpaired) electrons. The van der Waals surface area contributed by atoms with Crippen LogP contribution in [-0.4, -0.2) is 29.2 Å². The minimum Gasteiger partial charge on any atom is -0.390 e. The molecule has 18 heavy (non-hydrogen) atoms. The number of benzene rings is 1. The Morgan fingerprint density at radius 2 is 2.11 bits per heavy atom. The van der Waals surface area contributed by atoms with Gasteiger partial charge in [-0.1, -0.05) is 12.1 Å². The largest absolute Gasteiger partial charge is 0.493 e. The Balaban J connectivity index is 2.23. The van der Waals surface area contributed by atoms with Crippen LogP contribution in [0.3, 0.4) is 0 Å². The number of aryl methyl sites for hydroxylation is 1. The highest BCUT2D eigenvalue weighted by molar-refractivity contribution is 5.76. The minimum absolute atomic E-state index is 0.357. The predicted molar refractivity (Wildman–Crippen MR) is 62.3 cm³/mol. The lowest BCUT2D eigenvalue weighted by Crippen LogP contribution is -2.02. The Hall–Kier alpha value is -2.77. The summed E-state index contributed by atoms with van der Waals surface area (Å²) < 4.78 is 3.02. The maximum Gasteiger partial charge on any atom is 0.493 e. The lowest BCUT2D eigenvalue weighted by molar-refractivity contribution is -0.394. The third-order valence-corrected chi connectivity index (χ3v) is 2.56. The van der Waals surface area contributed by atoms with E-state index in [9.17, 15) is 10.1 Å². The van der Waals surface area contributed by atoms with Gasteiger partial charge in [-0.3, -0.25) is 4.57 Å². The van der Waals surface area contributed by atoms with Gasteiger partial charge in [0.15, 0.2) is 0 Å². The first-order valence-corrected chi connectivity index (χ1v) is 5.14. The van der Waals surface area contributed by atoms with Gasteiger partial charge in [-0.25, -0.2) is 4.98 Å². The number of aromatic nitrogens is 5. The van der Waals surface area contributed by atoms with Crippen LogP contribution >= 0.6 is 0 Å². The van der Waals surface area contributed by atoms with Gasteiger partial charge in [0.05, 0.1) is 11.0 Å². The zero-order valence-corrected chi connectivity index (χ0v) is 9.39. The van der Waals surface area contributed by atoms with E-state index in [1.165, 1.54) is 4.68 Å². The second kappa shape index (κ2) is 3.62. The average Bonchev–Trinajstić information content (AvgIpc) is 2.92. The molecule has 0 amide bonds. The lowest BCUT2D eigenvalue weighted by Gasteiger charge is -1.96. The molecule has 0 aliphatic heterocycles. The van der Waals surface area contributed by atoms with E-state index in [1.807, 2.05) is 24.3 Å². The van der Waals surface area contributed by atoms with Gasteiger partial charge < -0.3 is 10.1 Å². The van der Waals surface area contributed by atoms with Crippen molar-refractivity contribution in [3.8, 4) is 5.95 Å². The third-order valence-electron chi connectivity index (χ3n) is 2.56. The van der Waals surface area contributed by atoms with E-state index in [0.717, 1.165) is 11.0 Å². The topological polar surface area (TPSA) is 91.7 Å². The van der Waals surface area contributed by atoms with Gasteiger partial charge in [-0.2, -0.15) is 4.68 Å². The number of rotatable bonds is 2. The van der Waals surface area contributed by atoms with E-state index < -0.39 is 10.9 Å². The SMILES string of the molecule is Cn1nc([N+](=O)[O-])nc1-n1cnc2ccccc21. The van der Waals surface area contributed by atoms with E-state index in [1.54, 1.807) is 17.9 Å². The molecule has 2 aromatic heterocycles. The standard InChI is InChI=1S/C10H8N6O2/c1-14-10(12-9(13-14)16(17)18)15-6-11-7-4-2-3-5-8(7)15/h2-6H,1H3. The Morgan fingerprint density at radius 3 is 2.83 bits per heavy atom. The molecule has 0 N–H and O–H groups in total. The monoisotopic (exact) mass is 244 g/mol. The van der Waals surface area contributed by atoms with Gasteiger partial charge in [0.2, 0.25) is 0 Å². The maximum absolute atomic E-state index is 10.6. The second-order valence-corrected chi connectivity index (χ2v) is 3.70. The number of nitrogens with zero attached hydrogens (tertiary/aromatic N) is 6. The van der Waals surface area contributed by atoms with Crippen molar-refractivity contribution in [1.29, 1.82) is 0 Å². The van der Waals surface area contributed by atoms with Crippen LogP contribution < -0.4 is 0 Å². The van der Waals surface area contributed by atoms with E-state index in [2.05, 4.69) is 15.1 Å². The van der Waals surface area contributed by atoms with E-state index >= 15 is 0 Å². The number of fused-ring (bicyclic) bond motifs is 1. The fourth-order valence-corrected chi connectivity index (χ4v) is 1.77. The van der Waals surface area contributed by atoms with Crippen LogP contribution in [0.2, 0.25) is 0 Å². The first kappa shape index (κ1) is 10.4. The number of imidazole rings is 1. The molecule has 0 aliphatic carbocycles. The fourth-order valence-electron chi connectivity index (χ4n) is 1.77. The van der Waals surface area contributed by atoms with E-state index in [-0.39, 0.29) is 0 Å². The summed E-state index contributed by atoms with van der Waals surface area (Å²) in [6.07, 6.45) is 1.57. The number of hydrogen-bond donors (Lipinski definition) is 0. The zero-order valence-electron chi connectivity index (χ0n) is 9.39. The van der Waals surface area contributed by atoms with Gasteiger partial charge in [0.25, 0.3) is 0 Å². The Labute approximate surface area is 101 Å². The molecule has 1 aromatic carbocycles. The van der Waals surface area contributed by atoms with Gasteiger partial charge in [-0.05, 0) is 22.0 Å². The molecule has 8 heteroatoms. The molecule has 0 saturated heterocycles. The molecular formula is C10H8N6O2. The molecule has 3 aromatic rings. The lowest BCUT2D eigenvalue weighted by atomic mass is 10.3. The van der Waals surface area contributed by atoms with Crippen LogP contribution in [0, 0.1) is 10.1 Å². The number of para-hydroxylation sites is 2. The van der Waals surface area contributed by atoms with Crippen molar-refractivity contribution in [1.82, 2.24) is 24.3 Å². The summed E-state index contributed by atoms with van der Waals surface area (Å²) in [5.41, 5.74) is 1.62. The van der Waals surface area contributed by atoms with Gasteiger partial charge in [0.1, 0.15) is 6.33 Å². The highest BCUT2D eigenvalue weighted by atomic mass is 16.6. The molecule has 0 unspecified atom stereocenters. The van der Waals surface area contributed by atoms with Gasteiger partial charge in [0, 0.05) is 12.1 Å². The zero-order chi connectivity index (χ0) is 12.7. The van der Waals surface area contributed by atoms with Crippen molar-refractivity contribution in [3.05, 3.63) is 40.7 Å². The maximum atomic E-state index is 10.6. The van der Waals surface area contributed by atoms with Gasteiger partial charge in [-0.15, -0.1) is 0 Å². The predicted octanol–water partition coefficient (Wildman–Crippen LogP) is 1.06. The van der Waals surface area contributed by atoms with Crippen LogP contribution in [0.15, 0.2) is 30.6 Å². The van der Waals surface area contributed by atoms with Crippen molar-refractivity contribution in [2.75, 3.05) is 0 Å². The van der Waals surface area contributed by atoms with Crippen molar-refractivity contribution in [2.45, 2.75) is 0 Å². The number of nitro groups is 1. The van der Waals surface area contributed by atoms with Crippen molar-refractivity contribution in [3.63, 3.8) is 0 Å². The Kier molecular flexibility index (Phi) is 2.09. The van der Waals surface area contributed by atoms with Crippen LogP contribution in [0.4, 0.5) is 5.95 Å².